The minimum Gasteiger partial charge on any atom is -0.378 e. The second-order valence-electron chi connectivity index (χ2n) is 4.58. The van der Waals surface area contributed by atoms with Crippen LogP contribution >= 0.6 is 15.9 Å². The van der Waals surface area contributed by atoms with Crippen LogP contribution in [0.2, 0.25) is 0 Å². The summed E-state index contributed by atoms with van der Waals surface area (Å²) in [5.41, 5.74) is 3.47. The minimum absolute atomic E-state index is 0.769. The summed E-state index contributed by atoms with van der Waals surface area (Å²) in [4.78, 5) is 6.29. The molecular formula is C14H19BrN4. The van der Waals surface area contributed by atoms with Crippen molar-refractivity contribution in [3.8, 4) is 0 Å². The zero-order valence-corrected chi connectivity index (χ0v) is 13.1. The van der Waals surface area contributed by atoms with Gasteiger partial charge in [0.25, 0.3) is 0 Å². The maximum Gasteiger partial charge on any atom is 0.0948 e. The molecule has 2 rings (SSSR count). The third-order valence-electron chi connectivity index (χ3n) is 3.04. The molecule has 1 aromatic carbocycles. The first-order valence-corrected chi connectivity index (χ1v) is 7.11. The van der Waals surface area contributed by atoms with E-state index in [9.17, 15) is 0 Å². The van der Waals surface area contributed by atoms with E-state index in [2.05, 4.69) is 60.8 Å². The molecule has 0 spiro atoms. The molecule has 1 heterocycles. The summed E-state index contributed by atoms with van der Waals surface area (Å²) in [5.74, 6) is 0. The van der Waals surface area contributed by atoms with Crippen molar-refractivity contribution in [2.24, 2.45) is 0 Å². The summed E-state index contributed by atoms with van der Waals surface area (Å²) in [7, 11) is 4.09. The Hall–Kier alpha value is -1.49. The van der Waals surface area contributed by atoms with Gasteiger partial charge in [0.1, 0.15) is 0 Å². The van der Waals surface area contributed by atoms with Crippen LogP contribution in [-0.4, -0.2) is 23.6 Å². The van der Waals surface area contributed by atoms with Crippen molar-refractivity contribution >= 4 is 27.3 Å². The molecule has 0 bridgehead atoms. The van der Waals surface area contributed by atoms with Gasteiger partial charge in [-0.25, -0.2) is 4.98 Å². The minimum atomic E-state index is 0.769. The monoisotopic (exact) mass is 322 g/mol. The van der Waals surface area contributed by atoms with Crippen molar-refractivity contribution < 1.29 is 0 Å². The number of hydrogen-bond acceptors (Lipinski definition) is 3. The van der Waals surface area contributed by atoms with Gasteiger partial charge >= 0.3 is 0 Å². The molecule has 0 amide bonds. The summed E-state index contributed by atoms with van der Waals surface area (Å²) in [6.45, 7) is 3.83. The van der Waals surface area contributed by atoms with Gasteiger partial charge in [-0.1, -0.05) is 15.9 Å². The molecule has 2 aromatic rings. The van der Waals surface area contributed by atoms with Gasteiger partial charge in [-0.3, -0.25) is 0 Å². The molecular weight excluding hydrogens is 304 g/mol. The lowest BCUT2D eigenvalue weighted by Crippen LogP contribution is -2.13. The van der Waals surface area contributed by atoms with E-state index < -0.39 is 0 Å². The predicted molar refractivity (Wildman–Crippen MR) is 83.7 cm³/mol. The lowest BCUT2D eigenvalue weighted by Gasteiger charge is -2.19. The number of rotatable bonds is 5. The molecule has 0 aliphatic heterocycles. The van der Waals surface area contributed by atoms with Crippen LogP contribution < -0.4 is 10.2 Å². The highest BCUT2D eigenvalue weighted by molar-refractivity contribution is 9.10. The van der Waals surface area contributed by atoms with Gasteiger partial charge in [-0.2, -0.15) is 0 Å². The molecule has 0 fully saturated rings. The Morgan fingerprint density at radius 2 is 2.16 bits per heavy atom. The van der Waals surface area contributed by atoms with Crippen molar-refractivity contribution in [3.63, 3.8) is 0 Å². The van der Waals surface area contributed by atoms with Gasteiger partial charge < -0.3 is 14.8 Å². The van der Waals surface area contributed by atoms with E-state index in [1.165, 1.54) is 11.4 Å². The molecule has 0 unspecified atom stereocenters. The Morgan fingerprint density at radius 3 is 2.84 bits per heavy atom. The number of aromatic nitrogens is 2. The maximum atomic E-state index is 4.18. The van der Waals surface area contributed by atoms with Gasteiger partial charge in [0, 0.05) is 31.3 Å². The van der Waals surface area contributed by atoms with Crippen LogP contribution in [0.1, 0.15) is 12.6 Å². The molecule has 4 nitrogen and oxygen atoms in total. The number of nitrogens with zero attached hydrogens (tertiary/aromatic N) is 3. The first-order chi connectivity index (χ1) is 9.11. The molecule has 5 heteroatoms. The summed E-state index contributed by atoms with van der Waals surface area (Å²) < 4.78 is 3.21. The van der Waals surface area contributed by atoms with Crippen molar-refractivity contribution in [1.29, 1.82) is 0 Å². The maximum absolute atomic E-state index is 4.18. The summed E-state index contributed by atoms with van der Waals surface area (Å²) >= 11 is 3.52. The van der Waals surface area contributed by atoms with Crippen LogP contribution in [0, 0.1) is 0 Å². The number of halogens is 1. The molecule has 0 saturated carbocycles. The zero-order chi connectivity index (χ0) is 13.8. The van der Waals surface area contributed by atoms with E-state index >= 15 is 0 Å². The van der Waals surface area contributed by atoms with E-state index in [4.69, 9.17) is 0 Å². The van der Waals surface area contributed by atoms with Gasteiger partial charge in [-0.15, -0.1) is 0 Å². The zero-order valence-electron chi connectivity index (χ0n) is 11.5. The molecule has 0 saturated heterocycles. The van der Waals surface area contributed by atoms with Crippen LogP contribution in [0.3, 0.4) is 0 Å². The fourth-order valence-electron chi connectivity index (χ4n) is 2.01. The summed E-state index contributed by atoms with van der Waals surface area (Å²) in [6.07, 6.45) is 3.77. The third kappa shape index (κ3) is 3.29. The highest BCUT2D eigenvalue weighted by atomic mass is 79.9. The van der Waals surface area contributed by atoms with Gasteiger partial charge in [0.2, 0.25) is 0 Å². The van der Waals surface area contributed by atoms with Gasteiger partial charge in [0.05, 0.1) is 29.9 Å². The van der Waals surface area contributed by atoms with Gasteiger partial charge in [-0.05, 0) is 25.1 Å². The average molecular weight is 323 g/mol. The number of anilines is 2. The molecule has 0 aliphatic rings. The highest BCUT2D eigenvalue weighted by Crippen LogP contribution is 2.28. The fourth-order valence-corrected chi connectivity index (χ4v) is 2.37. The number of hydrogen-bond donors (Lipinski definition) is 1. The SMILES string of the molecule is CCn1cncc1CNc1cc(Br)ccc1N(C)C. The number of imidazole rings is 1. The first-order valence-electron chi connectivity index (χ1n) is 6.31. The predicted octanol–water partition coefficient (Wildman–Crippen LogP) is 3.34. The van der Waals surface area contributed by atoms with Crippen molar-refractivity contribution in [1.82, 2.24) is 9.55 Å². The molecule has 0 aliphatic carbocycles. The molecule has 1 aromatic heterocycles. The Morgan fingerprint density at radius 1 is 1.37 bits per heavy atom. The van der Waals surface area contributed by atoms with Crippen molar-refractivity contribution in [2.45, 2.75) is 20.0 Å². The Balaban J connectivity index is 2.17. The van der Waals surface area contributed by atoms with Crippen LogP contribution in [0.15, 0.2) is 35.2 Å². The van der Waals surface area contributed by atoms with Crippen LogP contribution in [-0.2, 0) is 13.1 Å². The topological polar surface area (TPSA) is 33.1 Å². The van der Waals surface area contributed by atoms with Crippen molar-refractivity contribution in [3.05, 3.63) is 40.9 Å². The van der Waals surface area contributed by atoms with E-state index in [0.717, 1.165) is 23.2 Å². The molecule has 102 valence electrons. The standard InChI is InChI=1S/C14H19BrN4/c1-4-19-10-16-8-12(19)9-17-13-7-11(15)5-6-14(13)18(2)3/h5-8,10,17H,4,9H2,1-3H3. The largest absolute Gasteiger partial charge is 0.378 e. The highest BCUT2D eigenvalue weighted by Gasteiger charge is 2.06. The molecule has 0 atom stereocenters. The summed E-state index contributed by atoms with van der Waals surface area (Å²) in [6, 6.07) is 6.25. The van der Waals surface area contributed by atoms with Crippen molar-refractivity contribution in [2.75, 3.05) is 24.3 Å². The van der Waals surface area contributed by atoms with Crippen LogP contribution in [0.5, 0.6) is 0 Å². The van der Waals surface area contributed by atoms with Crippen LogP contribution in [0.4, 0.5) is 11.4 Å². The number of nitrogens with one attached hydrogen (secondary N) is 1. The van der Waals surface area contributed by atoms with E-state index in [1.807, 2.05) is 26.6 Å². The normalized spacial score (nSPS) is 10.5. The smallest absolute Gasteiger partial charge is 0.0948 e. The van der Waals surface area contributed by atoms with E-state index in [1.54, 1.807) is 0 Å². The number of aryl methyl sites for hydroxylation is 1. The van der Waals surface area contributed by atoms with E-state index in [0.29, 0.717) is 0 Å². The molecule has 0 radical (unpaired) electrons. The molecule has 19 heavy (non-hydrogen) atoms. The summed E-state index contributed by atoms with van der Waals surface area (Å²) in [5, 5.41) is 3.48. The lowest BCUT2D eigenvalue weighted by molar-refractivity contribution is 0.719. The first kappa shape index (κ1) is 13.9. The van der Waals surface area contributed by atoms with E-state index in [-0.39, 0.29) is 0 Å². The Kier molecular flexibility index (Phi) is 4.47. The average Bonchev–Trinajstić information content (AvgIpc) is 2.83. The second kappa shape index (κ2) is 6.10. The van der Waals surface area contributed by atoms with Crippen LogP contribution in [0.25, 0.3) is 0 Å². The quantitative estimate of drug-likeness (QED) is 0.916. The fraction of sp³-hybridized carbons (Fsp3) is 0.357. The third-order valence-corrected chi connectivity index (χ3v) is 3.53. The molecule has 1 N–H and O–H groups in total. The number of benzene rings is 1. The van der Waals surface area contributed by atoms with Gasteiger partial charge in [0.15, 0.2) is 0 Å². The Bertz CT molecular complexity index is 548. The Labute approximate surface area is 122 Å². The lowest BCUT2D eigenvalue weighted by atomic mass is 10.2. The second-order valence-corrected chi connectivity index (χ2v) is 5.50.